The van der Waals surface area contributed by atoms with Gasteiger partial charge in [-0.3, -0.25) is 4.79 Å². The van der Waals surface area contributed by atoms with Crippen LogP contribution in [0.4, 0.5) is 0 Å². The van der Waals surface area contributed by atoms with Gasteiger partial charge >= 0.3 is 0 Å². The van der Waals surface area contributed by atoms with E-state index in [1.54, 1.807) is 11.8 Å². The summed E-state index contributed by atoms with van der Waals surface area (Å²) in [5, 5.41) is 1.99. The van der Waals surface area contributed by atoms with Crippen molar-refractivity contribution in [3.8, 4) is 0 Å². The number of carbonyl (C=O) groups excluding carboxylic acids is 1. The Balaban J connectivity index is 2.35. The summed E-state index contributed by atoms with van der Waals surface area (Å²) in [7, 11) is 0. The number of nitrogens with two attached hydrogens (primary N) is 1. The molecule has 0 bridgehead atoms. The molecular weight excluding hydrogens is 206 g/mol. The summed E-state index contributed by atoms with van der Waals surface area (Å²) in [5.74, 6) is -0.296. The summed E-state index contributed by atoms with van der Waals surface area (Å²) in [4.78, 5) is 12.0. The van der Waals surface area contributed by atoms with Crippen LogP contribution in [0.2, 0.25) is 0 Å². The molecule has 0 fully saturated rings. The van der Waals surface area contributed by atoms with Crippen molar-refractivity contribution in [2.45, 2.75) is 11.3 Å². The van der Waals surface area contributed by atoms with Gasteiger partial charge in [0.05, 0.1) is 6.42 Å². The average molecular weight is 217 g/mol. The Morgan fingerprint density at radius 2 is 2.13 bits per heavy atom. The average Bonchev–Trinajstić information content (AvgIpc) is 2.38. The molecule has 1 aliphatic rings. The van der Waals surface area contributed by atoms with Crippen LogP contribution in [0.3, 0.4) is 0 Å². The minimum Gasteiger partial charge on any atom is -0.369 e. The van der Waals surface area contributed by atoms with Crippen molar-refractivity contribution in [3.05, 3.63) is 46.9 Å². The van der Waals surface area contributed by atoms with Crippen molar-refractivity contribution in [3.63, 3.8) is 0 Å². The fraction of sp³-hybridized carbons (Fsp3) is 0.0833. The molecule has 15 heavy (non-hydrogen) atoms. The summed E-state index contributed by atoms with van der Waals surface area (Å²) in [6, 6.07) is 8.10. The third-order valence-electron chi connectivity index (χ3n) is 2.12. The van der Waals surface area contributed by atoms with E-state index in [1.807, 2.05) is 35.8 Å². The maximum Gasteiger partial charge on any atom is 0.221 e. The molecule has 3 heteroatoms. The molecular formula is C12H11NOS. The monoisotopic (exact) mass is 217 g/mol. The Morgan fingerprint density at radius 3 is 2.93 bits per heavy atom. The first-order valence-electron chi connectivity index (χ1n) is 4.67. The number of thioether (sulfide) groups is 1. The zero-order valence-corrected chi connectivity index (χ0v) is 8.96. The molecule has 1 heterocycles. The van der Waals surface area contributed by atoms with Crippen molar-refractivity contribution in [1.82, 2.24) is 0 Å². The molecule has 2 N–H and O–H groups in total. The first-order chi connectivity index (χ1) is 7.25. The lowest BCUT2D eigenvalue weighted by Gasteiger charge is -2.00. The van der Waals surface area contributed by atoms with Crippen molar-refractivity contribution in [2.75, 3.05) is 0 Å². The Kier molecular flexibility index (Phi) is 2.92. The smallest absolute Gasteiger partial charge is 0.221 e. The van der Waals surface area contributed by atoms with E-state index in [-0.39, 0.29) is 5.91 Å². The Bertz CT molecular complexity index is 449. The molecule has 0 radical (unpaired) electrons. The number of amides is 1. The van der Waals surface area contributed by atoms with Crippen LogP contribution in [0.1, 0.15) is 12.0 Å². The number of hydrogen-bond donors (Lipinski definition) is 1. The number of fused-ring (bicyclic) bond motifs is 1. The lowest BCUT2D eigenvalue weighted by Crippen LogP contribution is -2.10. The first kappa shape index (κ1) is 10.1. The molecule has 0 unspecified atom stereocenters. The Morgan fingerprint density at radius 1 is 1.33 bits per heavy atom. The highest BCUT2D eigenvalue weighted by Gasteiger charge is 2.05. The SMILES string of the molecule is NC(=O)CC1=Cc2ccccc2SC=C1. The minimum atomic E-state index is -0.296. The lowest BCUT2D eigenvalue weighted by molar-refractivity contribution is -0.117. The van der Waals surface area contributed by atoms with Gasteiger partial charge in [0.2, 0.25) is 5.91 Å². The van der Waals surface area contributed by atoms with Crippen molar-refractivity contribution in [1.29, 1.82) is 0 Å². The first-order valence-corrected chi connectivity index (χ1v) is 5.55. The van der Waals surface area contributed by atoms with Crippen LogP contribution in [-0.4, -0.2) is 5.91 Å². The number of allylic oxidation sites excluding steroid dienone is 1. The number of carbonyl (C=O) groups is 1. The molecule has 0 saturated carbocycles. The zero-order chi connectivity index (χ0) is 10.7. The predicted molar refractivity (Wildman–Crippen MR) is 63.2 cm³/mol. The van der Waals surface area contributed by atoms with E-state index in [0.717, 1.165) is 11.1 Å². The van der Waals surface area contributed by atoms with Gasteiger partial charge in [0.1, 0.15) is 0 Å². The standard InChI is InChI=1S/C12H11NOS/c13-12(14)8-9-5-6-15-11-4-2-1-3-10(11)7-9/h1-7H,8H2,(H2,13,14). The number of benzene rings is 1. The fourth-order valence-electron chi connectivity index (χ4n) is 1.46. The Labute approximate surface area is 92.9 Å². The molecule has 0 saturated heterocycles. The second-order valence-electron chi connectivity index (χ2n) is 3.32. The third kappa shape index (κ3) is 2.50. The highest BCUT2D eigenvalue weighted by Crippen LogP contribution is 2.29. The van der Waals surface area contributed by atoms with Crippen LogP contribution >= 0.6 is 11.8 Å². The van der Waals surface area contributed by atoms with Crippen molar-refractivity contribution < 1.29 is 4.79 Å². The minimum absolute atomic E-state index is 0.296. The van der Waals surface area contributed by atoms with Crippen molar-refractivity contribution >= 4 is 23.7 Å². The van der Waals surface area contributed by atoms with Gasteiger partial charge in [0, 0.05) is 4.90 Å². The molecule has 2 nitrogen and oxygen atoms in total. The molecule has 76 valence electrons. The molecule has 1 aliphatic heterocycles. The van der Waals surface area contributed by atoms with Gasteiger partial charge in [-0.25, -0.2) is 0 Å². The van der Waals surface area contributed by atoms with E-state index in [1.165, 1.54) is 4.90 Å². The van der Waals surface area contributed by atoms with Crippen LogP contribution in [0.5, 0.6) is 0 Å². The summed E-state index contributed by atoms with van der Waals surface area (Å²) in [6.07, 6.45) is 4.25. The van der Waals surface area contributed by atoms with Gasteiger partial charge in [-0.2, -0.15) is 0 Å². The van der Waals surface area contributed by atoms with Crippen LogP contribution in [0.25, 0.3) is 6.08 Å². The van der Waals surface area contributed by atoms with E-state index < -0.39 is 0 Å². The molecule has 0 aromatic heterocycles. The number of primary amides is 1. The third-order valence-corrected chi connectivity index (χ3v) is 3.01. The molecule has 2 rings (SSSR count). The maximum atomic E-state index is 10.8. The predicted octanol–water partition coefficient (Wildman–Crippen LogP) is 2.56. The largest absolute Gasteiger partial charge is 0.369 e. The summed E-state index contributed by atoms with van der Waals surface area (Å²) >= 11 is 1.66. The normalized spacial score (nSPS) is 14.0. The van der Waals surface area contributed by atoms with Crippen LogP contribution in [-0.2, 0) is 4.79 Å². The van der Waals surface area contributed by atoms with E-state index in [4.69, 9.17) is 5.73 Å². The molecule has 0 atom stereocenters. The second-order valence-corrected chi connectivity index (χ2v) is 4.27. The second kappa shape index (κ2) is 4.36. The van der Waals surface area contributed by atoms with Gasteiger partial charge in [-0.05, 0) is 22.6 Å². The molecule has 1 aromatic carbocycles. The molecule has 0 spiro atoms. The fourth-order valence-corrected chi connectivity index (χ4v) is 2.27. The van der Waals surface area contributed by atoms with Crippen LogP contribution in [0.15, 0.2) is 46.2 Å². The van der Waals surface area contributed by atoms with Gasteiger partial charge in [-0.1, -0.05) is 42.1 Å². The molecule has 1 aromatic rings. The van der Waals surface area contributed by atoms with E-state index in [2.05, 4.69) is 6.07 Å². The summed E-state index contributed by atoms with van der Waals surface area (Å²) in [6.45, 7) is 0. The zero-order valence-electron chi connectivity index (χ0n) is 8.14. The highest BCUT2D eigenvalue weighted by molar-refractivity contribution is 8.02. The van der Waals surface area contributed by atoms with Crippen molar-refractivity contribution in [2.24, 2.45) is 5.73 Å². The topological polar surface area (TPSA) is 43.1 Å². The van der Waals surface area contributed by atoms with Crippen LogP contribution in [0, 0.1) is 0 Å². The maximum absolute atomic E-state index is 10.8. The number of hydrogen-bond acceptors (Lipinski definition) is 2. The number of rotatable bonds is 2. The quantitative estimate of drug-likeness (QED) is 0.827. The summed E-state index contributed by atoms with van der Waals surface area (Å²) in [5.41, 5.74) is 7.27. The van der Waals surface area contributed by atoms with Gasteiger partial charge < -0.3 is 5.73 Å². The summed E-state index contributed by atoms with van der Waals surface area (Å²) < 4.78 is 0. The van der Waals surface area contributed by atoms with Crippen LogP contribution < -0.4 is 5.73 Å². The van der Waals surface area contributed by atoms with E-state index >= 15 is 0 Å². The lowest BCUT2D eigenvalue weighted by atomic mass is 10.1. The molecule has 1 amide bonds. The Hall–Kier alpha value is -1.48. The van der Waals surface area contributed by atoms with E-state index in [0.29, 0.717) is 6.42 Å². The van der Waals surface area contributed by atoms with Gasteiger partial charge in [-0.15, -0.1) is 0 Å². The highest BCUT2D eigenvalue weighted by atomic mass is 32.2. The molecule has 0 aliphatic carbocycles. The van der Waals surface area contributed by atoms with Gasteiger partial charge in [0.15, 0.2) is 0 Å². The van der Waals surface area contributed by atoms with Gasteiger partial charge in [0.25, 0.3) is 0 Å². The van der Waals surface area contributed by atoms with E-state index in [9.17, 15) is 4.79 Å².